The van der Waals surface area contributed by atoms with Gasteiger partial charge in [0.1, 0.15) is 0 Å². The van der Waals surface area contributed by atoms with Gasteiger partial charge in [0.15, 0.2) is 0 Å². The molecule has 7 nitrogen and oxygen atoms in total. The van der Waals surface area contributed by atoms with E-state index in [1.54, 1.807) is 35.9 Å². The van der Waals surface area contributed by atoms with Crippen molar-refractivity contribution in [1.82, 2.24) is 20.0 Å². The first-order valence-corrected chi connectivity index (χ1v) is 9.18. The first-order valence-electron chi connectivity index (χ1n) is 7.92. The van der Waals surface area contributed by atoms with Crippen LogP contribution in [0.5, 0.6) is 0 Å². The summed E-state index contributed by atoms with van der Waals surface area (Å²) in [5.41, 5.74) is 3.18. The molecule has 0 saturated heterocycles. The smallest absolute Gasteiger partial charge is 0.277 e. The van der Waals surface area contributed by atoms with Gasteiger partial charge in [-0.15, -0.1) is 10.2 Å². The lowest BCUT2D eigenvalue weighted by atomic mass is 10.2. The van der Waals surface area contributed by atoms with Crippen LogP contribution in [-0.2, 0) is 11.8 Å². The maximum absolute atomic E-state index is 12.5. The highest BCUT2D eigenvalue weighted by atomic mass is 35.5. The fourth-order valence-corrected chi connectivity index (χ4v) is 3.16. The van der Waals surface area contributed by atoms with Crippen LogP contribution in [0.25, 0.3) is 11.5 Å². The van der Waals surface area contributed by atoms with Gasteiger partial charge in [-0.1, -0.05) is 23.4 Å². The molecule has 0 aliphatic carbocycles. The summed E-state index contributed by atoms with van der Waals surface area (Å²) in [5.74, 6) is 0.233. The second-order valence-corrected chi connectivity index (χ2v) is 7.53. The van der Waals surface area contributed by atoms with Crippen molar-refractivity contribution in [2.45, 2.75) is 31.2 Å². The molecule has 1 aromatic carbocycles. The molecule has 0 aliphatic heterocycles. The summed E-state index contributed by atoms with van der Waals surface area (Å²) >= 11 is 7.08. The molecule has 0 spiro atoms. The van der Waals surface area contributed by atoms with Gasteiger partial charge < -0.3 is 9.73 Å². The maximum Gasteiger partial charge on any atom is 0.277 e. The van der Waals surface area contributed by atoms with Crippen molar-refractivity contribution in [2.75, 3.05) is 5.32 Å². The molecule has 0 fully saturated rings. The number of nitrogens with one attached hydrogen (secondary N) is 1. The van der Waals surface area contributed by atoms with E-state index < -0.39 is 5.25 Å². The van der Waals surface area contributed by atoms with Gasteiger partial charge >= 0.3 is 0 Å². The molecule has 0 bridgehead atoms. The molecule has 0 unspecified atom stereocenters. The molecule has 0 aliphatic rings. The van der Waals surface area contributed by atoms with Crippen LogP contribution >= 0.6 is 23.4 Å². The molecule has 9 heteroatoms. The van der Waals surface area contributed by atoms with E-state index >= 15 is 0 Å². The summed E-state index contributed by atoms with van der Waals surface area (Å²) in [6, 6.07) is 7.11. The topological polar surface area (TPSA) is 85.8 Å². The standard InChI is InChI=1S/C17H18ClN5O2S/c1-9-14(10(2)23(4)22-9)19-15(24)11(3)26-17-21-20-16(25-17)12-5-7-13(18)8-6-12/h5-8,11H,1-4H3,(H,19,24)/t11-/m1/s1. The Morgan fingerprint density at radius 2 is 1.96 bits per heavy atom. The van der Waals surface area contributed by atoms with E-state index in [-0.39, 0.29) is 5.91 Å². The number of carbonyl (C=O) groups is 1. The summed E-state index contributed by atoms with van der Waals surface area (Å²) in [7, 11) is 1.84. The monoisotopic (exact) mass is 391 g/mol. The van der Waals surface area contributed by atoms with Crippen LogP contribution in [0.1, 0.15) is 18.3 Å². The largest absolute Gasteiger partial charge is 0.411 e. The predicted octanol–water partition coefficient (Wildman–Crippen LogP) is 3.86. The quantitative estimate of drug-likeness (QED) is 0.664. The number of rotatable bonds is 5. The zero-order valence-electron chi connectivity index (χ0n) is 14.8. The van der Waals surface area contributed by atoms with Gasteiger partial charge in [0.2, 0.25) is 11.8 Å². The maximum atomic E-state index is 12.5. The second kappa shape index (κ2) is 7.51. The molecule has 2 heterocycles. The molecule has 1 amide bonds. The van der Waals surface area contributed by atoms with Crippen LogP contribution in [0.2, 0.25) is 5.02 Å². The number of aromatic nitrogens is 4. The lowest BCUT2D eigenvalue weighted by Gasteiger charge is -2.10. The molecule has 2 aromatic heterocycles. The third-order valence-corrected chi connectivity index (χ3v) is 5.09. The van der Waals surface area contributed by atoms with E-state index in [9.17, 15) is 4.79 Å². The minimum Gasteiger partial charge on any atom is -0.411 e. The number of benzene rings is 1. The Bertz CT molecular complexity index is 935. The number of amides is 1. The fraction of sp³-hybridized carbons (Fsp3) is 0.294. The third-order valence-electron chi connectivity index (χ3n) is 3.90. The van der Waals surface area contributed by atoms with Crippen LogP contribution in [0.15, 0.2) is 33.9 Å². The summed E-state index contributed by atoms with van der Waals surface area (Å²) in [6.45, 7) is 5.55. The third kappa shape index (κ3) is 3.91. The predicted molar refractivity (Wildman–Crippen MR) is 101 cm³/mol. The summed E-state index contributed by atoms with van der Waals surface area (Å²) in [5, 5.41) is 15.8. The molecule has 3 aromatic rings. The Morgan fingerprint density at radius 1 is 1.27 bits per heavy atom. The molecule has 136 valence electrons. The van der Waals surface area contributed by atoms with Crippen molar-refractivity contribution in [2.24, 2.45) is 7.05 Å². The van der Waals surface area contributed by atoms with Gasteiger partial charge in [0, 0.05) is 17.6 Å². The zero-order chi connectivity index (χ0) is 18.8. The minimum absolute atomic E-state index is 0.152. The van der Waals surface area contributed by atoms with E-state index in [4.69, 9.17) is 16.0 Å². The molecular formula is C17H18ClN5O2S. The lowest BCUT2D eigenvalue weighted by molar-refractivity contribution is -0.115. The highest BCUT2D eigenvalue weighted by Gasteiger charge is 2.21. The summed E-state index contributed by atoms with van der Waals surface area (Å²) in [6.07, 6.45) is 0. The first-order chi connectivity index (χ1) is 12.3. The molecule has 26 heavy (non-hydrogen) atoms. The van der Waals surface area contributed by atoms with Crippen molar-refractivity contribution in [3.8, 4) is 11.5 Å². The van der Waals surface area contributed by atoms with E-state index in [0.29, 0.717) is 16.1 Å². The van der Waals surface area contributed by atoms with Crippen LogP contribution in [0, 0.1) is 13.8 Å². The lowest BCUT2D eigenvalue weighted by Crippen LogP contribution is -2.23. The van der Waals surface area contributed by atoms with Crippen molar-refractivity contribution < 1.29 is 9.21 Å². The van der Waals surface area contributed by atoms with Gasteiger partial charge in [-0.05, 0) is 45.0 Å². The van der Waals surface area contributed by atoms with E-state index in [1.165, 1.54) is 11.8 Å². The molecule has 1 atom stereocenters. The van der Waals surface area contributed by atoms with Gasteiger partial charge in [-0.25, -0.2) is 0 Å². The highest BCUT2D eigenvalue weighted by molar-refractivity contribution is 8.00. The van der Waals surface area contributed by atoms with Gasteiger partial charge in [-0.3, -0.25) is 9.48 Å². The average Bonchev–Trinajstić information content (AvgIpc) is 3.15. The first kappa shape index (κ1) is 18.5. The van der Waals surface area contributed by atoms with Gasteiger partial charge in [-0.2, -0.15) is 5.10 Å². The van der Waals surface area contributed by atoms with Gasteiger partial charge in [0.25, 0.3) is 5.22 Å². The van der Waals surface area contributed by atoms with E-state index in [0.717, 1.165) is 22.6 Å². The molecule has 3 rings (SSSR count). The molecule has 0 saturated carbocycles. The Morgan fingerprint density at radius 3 is 2.58 bits per heavy atom. The van der Waals surface area contributed by atoms with Crippen molar-refractivity contribution in [1.29, 1.82) is 0 Å². The van der Waals surface area contributed by atoms with Crippen molar-refractivity contribution in [3.63, 3.8) is 0 Å². The van der Waals surface area contributed by atoms with E-state index in [1.807, 2.05) is 20.9 Å². The SMILES string of the molecule is Cc1nn(C)c(C)c1NC(=O)[C@@H](C)Sc1nnc(-c2ccc(Cl)cc2)o1. The van der Waals surface area contributed by atoms with Crippen LogP contribution < -0.4 is 5.32 Å². The molecular weight excluding hydrogens is 374 g/mol. The van der Waals surface area contributed by atoms with Gasteiger partial charge in [0.05, 0.1) is 22.3 Å². The highest BCUT2D eigenvalue weighted by Crippen LogP contribution is 2.28. The number of aryl methyl sites for hydroxylation is 2. The Kier molecular flexibility index (Phi) is 5.33. The van der Waals surface area contributed by atoms with Crippen molar-refractivity contribution in [3.05, 3.63) is 40.7 Å². The Hall–Kier alpha value is -2.32. The Labute approximate surface area is 160 Å². The average molecular weight is 392 g/mol. The number of anilines is 1. The molecule has 0 radical (unpaired) electrons. The number of nitrogens with zero attached hydrogens (tertiary/aromatic N) is 4. The number of hydrogen-bond acceptors (Lipinski definition) is 6. The summed E-state index contributed by atoms with van der Waals surface area (Å²) in [4.78, 5) is 12.5. The van der Waals surface area contributed by atoms with Crippen LogP contribution in [0.4, 0.5) is 5.69 Å². The number of hydrogen-bond donors (Lipinski definition) is 1. The number of carbonyl (C=O) groups excluding carboxylic acids is 1. The van der Waals surface area contributed by atoms with E-state index in [2.05, 4.69) is 20.6 Å². The summed E-state index contributed by atoms with van der Waals surface area (Å²) < 4.78 is 7.37. The zero-order valence-corrected chi connectivity index (χ0v) is 16.4. The normalized spacial score (nSPS) is 12.2. The van der Waals surface area contributed by atoms with Crippen LogP contribution in [-0.4, -0.2) is 31.1 Å². The fourth-order valence-electron chi connectivity index (χ4n) is 2.35. The van der Waals surface area contributed by atoms with Crippen molar-refractivity contribution >= 4 is 35.0 Å². The minimum atomic E-state index is -0.410. The Balaban J connectivity index is 1.67. The number of halogens is 1. The second-order valence-electron chi connectivity index (χ2n) is 5.80. The van der Waals surface area contributed by atoms with Crippen LogP contribution in [0.3, 0.4) is 0 Å². The molecule has 1 N–H and O–H groups in total. The number of thioether (sulfide) groups is 1.